The van der Waals surface area contributed by atoms with E-state index in [2.05, 4.69) is 15.0 Å². The van der Waals surface area contributed by atoms with Crippen molar-refractivity contribution in [2.24, 2.45) is 0 Å². The number of aryl methyl sites for hydroxylation is 1. The van der Waals surface area contributed by atoms with Gasteiger partial charge in [0.15, 0.2) is 10.1 Å². The van der Waals surface area contributed by atoms with Gasteiger partial charge in [0.05, 0.1) is 5.69 Å². The Morgan fingerprint density at radius 3 is 3.00 bits per heavy atom. The van der Waals surface area contributed by atoms with Crippen LogP contribution in [0, 0.1) is 6.92 Å². The molecule has 0 saturated heterocycles. The van der Waals surface area contributed by atoms with Gasteiger partial charge in [-0.3, -0.25) is 4.40 Å². The molecule has 19 heavy (non-hydrogen) atoms. The average Bonchev–Trinajstić information content (AvgIpc) is 2.89. The van der Waals surface area contributed by atoms with E-state index in [4.69, 9.17) is 11.6 Å². The van der Waals surface area contributed by atoms with E-state index >= 15 is 0 Å². The van der Waals surface area contributed by atoms with Crippen molar-refractivity contribution in [3.8, 4) is 5.88 Å². The number of thiazole rings is 1. The van der Waals surface area contributed by atoms with Crippen molar-refractivity contribution in [1.29, 1.82) is 0 Å². The first-order valence-electron chi connectivity index (χ1n) is 5.41. The zero-order chi connectivity index (χ0) is 13.4. The van der Waals surface area contributed by atoms with E-state index in [1.165, 1.54) is 29.2 Å². The predicted molar refractivity (Wildman–Crippen MR) is 76.1 cm³/mol. The molecule has 0 fully saturated rings. The maximum Gasteiger partial charge on any atom is 0.215 e. The van der Waals surface area contributed by atoms with Gasteiger partial charge in [-0.05, 0) is 6.92 Å². The molecular formula is C11H9ClN4OS2. The zero-order valence-corrected chi connectivity index (χ0v) is 12.3. The van der Waals surface area contributed by atoms with Gasteiger partial charge in [0.25, 0.3) is 0 Å². The lowest BCUT2D eigenvalue weighted by atomic mass is 10.4. The van der Waals surface area contributed by atoms with Crippen molar-refractivity contribution >= 4 is 39.7 Å². The van der Waals surface area contributed by atoms with Crippen LogP contribution < -0.4 is 0 Å². The van der Waals surface area contributed by atoms with Crippen molar-refractivity contribution in [1.82, 2.24) is 19.4 Å². The first-order chi connectivity index (χ1) is 9.13. The van der Waals surface area contributed by atoms with Gasteiger partial charge < -0.3 is 5.11 Å². The van der Waals surface area contributed by atoms with E-state index in [1.807, 2.05) is 22.9 Å². The molecule has 0 saturated carbocycles. The molecule has 0 aliphatic carbocycles. The molecule has 0 aliphatic rings. The first kappa shape index (κ1) is 12.7. The standard InChI is InChI=1S/C11H9ClN4OS2/c1-6-4-8(17)15-10(13-6)19-5-7-9(12)16-2-3-18-11(16)14-7/h2-4H,5H2,1H3,(H,13,15,17). The summed E-state index contributed by atoms with van der Waals surface area (Å²) in [5, 5.41) is 12.5. The van der Waals surface area contributed by atoms with Crippen LogP contribution in [0.2, 0.25) is 5.15 Å². The minimum atomic E-state index is -0.0214. The Hall–Kier alpha value is -1.31. The third-order valence-electron chi connectivity index (χ3n) is 2.43. The maximum absolute atomic E-state index is 9.42. The molecule has 0 radical (unpaired) electrons. The summed E-state index contributed by atoms with van der Waals surface area (Å²) >= 11 is 9.16. The van der Waals surface area contributed by atoms with E-state index < -0.39 is 0 Å². The van der Waals surface area contributed by atoms with Crippen molar-refractivity contribution < 1.29 is 5.11 Å². The number of halogens is 1. The van der Waals surface area contributed by atoms with Gasteiger partial charge in [0, 0.05) is 29.1 Å². The van der Waals surface area contributed by atoms with Gasteiger partial charge in [-0.15, -0.1) is 11.3 Å². The summed E-state index contributed by atoms with van der Waals surface area (Å²) < 4.78 is 1.84. The monoisotopic (exact) mass is 312 g/mol. The summed E-state index contributed by atoms with van der Waals surface area (Å²) in [6.45, 7) is 1.81. The Labute approximate surface area is 122 Å². The number of nitrogens with zero attached hydrogens (tertiary/aromatic N) is 4. The Morgan fingerprint density at radius 2 is 2.26 bits per heavy atom. The predicted octanol–water partition coefficient (Wildman–Crippen LogP) is 3.15. The minimum absolute atomic E-state index is 0.0214. The van der Waals surface area contributed by atoms with E-state index in [-0.39, 0.29) is 5.88 Å². The molecule has 3 aromatic heterocycles. The smallest absolute Gasteiger partial charge is 0.215 e. The fourth-order valence-electron chi connectivity index (χ4n) is 1.62. The molecule has 0 aromatic carbocycles. The first-order valence-corrected chi connectivity index (χ1v) is 7.65. The zero-order valence-electron chi connectivity index (χ0n) is 9.87. The quantitative estimate of drug-likeness (QED) is 0.594. The molecule has 3 rings (SSSR count). The summed E-state index contributed by atoms with van der Waals surface area (Å²) in [6, 6.07) is 1.52. The molecule has 0 spiro atoms. The molecule has 3 aromatic rings. The highest BCUT2D eigenvalue weighted by atomic mass is 35.5. The van der Waals surface area contributed by atoms with Crippen LogP contribution >= 0.6 is 34.7 Å². The lowest BCUT2D eigenvalue weighted by molar-refractivity contribution is 0.444. The molecule has 8 heteroatoms. The Balaban J connectivity index is 1.81. The number of rotatable bonds is 3. The van der Waals surface area contributed by atoms with Crippen LogP contribution in [-0.4, -0.2) is 24.5 Å². The number of aromatic hydroxyl groups is 1. The highest BCUT2D eigenvalue weighted by molar-refractivity contribution is 7.98. The van der Waals surface area contributed by atoms with Gasteiger partial charge in [-0.1, -0.05) is 23.4 Å². The van der Waals surface area contributed by atoms with Gasteiger partial charge in [-0.2, -0.15) is 4.98 Å². The third-order valence-corrected chi connectivity index (χ3v) is 4.44. The van der Waals surface area contributed by atoms with Crippen molar-refractivity contribution in [2.45, 2.75) is 17.8 Å². The molecule has 0 amide bonds. The summed E-state index contributed by atoms with van der Waals surface area (Å²) in [6.07, 6.45) is 1.89. The van der Waals surface area contributed by atoms with E-state index in [0.29, 0.717) is 16.1 Å². The molecule has 0 unspecified atom stereocenters. The van der Waals surface area contributed by atoms with Crippen LogP contribution in [0.4, 0.5) is 0 Å². The van der Waals surface area contributed by atoms with E-state index in [9.17, 15) is 5.11 Å². The third kappa shape index (κ3) is 2.54. The van der Waals surface area contributed by atoms with Crippen LogP contribution in [0.3, 0.4) is 0 Å². The summed E-state index contributed by atoms with van der Waals surface area (Å²) in [5.74, 6) is 0.544. The van der Waals surface area contributed by atoms with Gasteiger partial charge >= 0.3 is 0 Å². The van der Waals surface area contributed by atoms with Crippen LogP contribution in [0.5, 0.6) is 5.88 Å². The Kier molecular flexibility index (Phi) is 3.34. The molecule has 98 valence electrons. The topological polar surface area (TPSA) is 63.3 Å². The van der Waals surface area contributed by atoms with Gasteiger partial charge in [-0.25, -0.2) is 9.97 Å². The average molecular weight is 313 g/mol. The van der Waals surface area contributed by atoms with Crippen molar-refractivity contribution in [3.63, 3.8) is 0 Å². The second kappa shape index (κ2) is 4.99. The second-order valence-corrected chi connectivity index (χ2v) is 6.02. The molecule has 5 nitrogen and oxygen atoms in total. The molecule has 1 N–H and O–H groups in total. The number of imidazole rings is 1. The Morgan fingerprint density at radius 1 is 1.42 bits per heavy atom. The summed E-state index contributed by atoms with van der Waals surface area (Å²) in [5.41, 5.74) is 1.52. The van der Waals surface area contributed by atoms with E-state index in [0.717, 1.165) is 16.3 Å². The fraction of sp³-hybridized carbons (Fsp3) is 0.182. The summed E-state index contributed by atoms with van der Waals surface area (Å²) in [7, 11) is 0. The SMILES string of the molecule is Cc1cc(O)nc(SCc2nc3sccn3c2Cl)n1. The van der Waals surface area contributed by atoms with Crippen LogP contribution in [-0.2, 0) is 5.75 Å². The van der Waals surface area contributed by atoms with Crippen molar-refractivity contribution in [3.05, 3.63) is 34.2 Å². The molecule has 3 heterocycles. The number of aromatic nitrogens is 4. The number of fused-ring (bicyclic) bond motifs is 1. The van der Waals surface area contributed by atoms with Crippen LogP contribution in [0.25, 0.3) is 4.96 Å². The van der Waals surface area contributed by atoms with Gasteiger partial charge in [0.2, 0.25) is 5.88 Å². The number of hydrogen-bond donors (Lipinski definition) is 1. The largest absolute Gasteiger partial charge is 0.493 e. The lowest BCUT2D eigenvalue weighted by Crippen LogP contribution is -1.91. The van der Waals surface area contributed by atoms with Crippen LogP contribution in [0.1, 0.15) is 11.4 Å². The highest BCUT2D eigenvalue weighted by Gasteiger charge is 2.12. The second-order valence-electron chi connectivity index (χ2n) is 3.84. The van der Waals surface area contributed by atoms with E-state index in [1.54, 1.807) is 0 Å². The maximum atomic E-state index is 9.42. The number of thioether (sulfide) groups is 1. The van der Waals surface area contributed by atoms with Crippen LogP contribution in [0.15, 0.2) is 22.8 Å². The normalized spacial score (nSPS) is 11.3. The molecule has 0 aliphatic heterocycles. The summed E-state index contributed by atoms with van der Waals surface area (Å²) in [4.78, 5) is 13.5. The molecule has 0 atom stereocenters. The highest BCUT2D eigenvalue weighted by Crippen LogP contribution is 2.27. The fourth-order valence-corrected chi connectivity index (χ4v) is 3.56. The van der Waals surface area contributed by atoms with Gasteiger partial charge in [0.1, 0.15) is 5.15 Å². The molecular weight excluding hydrogens is 304 g/mol. The minimum Gasteiger partial charge on any atom is -0.493 e. The Bertz CT molecular complexity index is 719. The molecule has 0 bridgehead atoms. The van der Waals surface area contributed by atoms with Crippen molar-refractivity contribution in [2.75, 3.05) is 0 Å². The lowest BCUT2D eigenvalue weighted by Gasteiger charge is -2.01. The number of hydrogen-bond acceptors (Lipinski definition) is 6.